The Morgan fingerprint density at radius 2 is 1.95 bits per heavy atom. The van der Waals surface area contributed by atoms with Crippen LogP contribution in [0.25, 0.3) is 11.0 Å². The molecule has 1 heterocycles. The lowest BCUT2D eigenvalue weighted by Crippen LogP contribution is -2.10. The van der Waals surface area contributed by atoms with Crippen LogP contribution in [0.4, 0.5) is 11.4 Å². The van der Waals surface area contributed by atoms with Crippen LogP contribution in [0.5, 0.6) is 11.5 Å². The number of anilines is 2. The van der Waals surface area contributed by atoms with E-state index in [1.807, 2.05) is 18.2 Å². The molecule has 6 nitrogen and oxygen atoms in total. The first-order valence-electron chi connectivity index (χ1n) is 6.47. The molecule has 1 aromatic heterocycles. The Hall–Kier alpha value is -3.28. The van der Waals surface area contributed by atoms with Gasteiger partial charge < -0.3 is 20.2 Å². The van der Waals surface area contributed by atoms with E-state index >= 15 is 0 Å². The molecule has 3 aromatic rings. The van der Waals surface area contributed by atoms with Crippen LogP contribution in [0.1, 0.15) is 0 Å². The van der Waals surface area contributed by atoms with Crippen molar-refractivity contribution in [3.63, 3.8) is 0 Å². The number of hydrogen-bond donors (Lipinski definition) is 2. The zero-order valence-corrected chi connectivity index (χ0v) is 11.4. The van der Waals surface area contributed by atoms with Crippen molar-refractivity contribution in [2.45, 2.75) is 0 Å². The van der Waals surface area contributed by atoms with Gasteiger partial charge in [-0.05, 0) is 18.2 Å². The minimum absolute atomic E-state index is 0.0536. The molecule has 110 valence electrons. The molecule has 0 atom stereocenters. The van der Waals surface area contributed by atoms with Gasteiger partial charge in [-0.2, -0.15) is 0 Å². The summed E-state index contributed by atoms with van der Waals surface area (Å²) in [6.07, 6.45) is 1.59. The molecule has 0 aliphatic carbocycles. The molecule has 1 amide bonds. The van der Waals surface area contributed by atoms with E-state index in [2.05, 4.69) is 5.32 Å². The molecular formula is C16H12N2O4. The van der Waals surface area contributed by atoms with Gasteiger partial charge in [0.1, 0.15) is 23.3 Å². The van der Waals surface area contributed by atoms with Crippen LogP contribution >= 0.6 is 0 Å². The zero-order valence-electron chi connectivity index (χ0n) is 11.4. The number of para-hydroxylation sites is 1. The lowest BCUT2D eigenvalue weighted by Gasteiger charge is -2.09. The second-order valence-electron chi connectivity index (χ2n) is 4.54. The Balaban J connectivity index is 2.11. The van der Waals surface area contributed by atoms with E-state index in [4.69, 9.17) is 14.9 Å². The Labute approximate surface area is 125 Å². The predicted octanol–water partition coefficient (Wildman–Crippen LogP) is 2.74. The largest absolute Gasteiger partial charge is 0.462 e. The van der Waals surface area contributed by atoms with Gasteiger partial charge in [0.15, 0.2) is 5.75 Å². The third-order valence-corrected chi connectivity index (χ3v) is 3.09. The molecule has 0 unspecified atom stereocenters. The van der Waals surface area contributed by atoms with E-state index in [0.29, 0.717) is 29.2 Å². The van der Waals surface area contributed by atoms with Crippen LogP contribution in [-0.2, 0) is 4.79 Å². The maximum Gasteiger partial charge on any atom is 0.216 e. The minimum atomic E-state index is -0.369. The fourth-order valence-electron chi connectivity index (χ4n) is 2.04. The number of rotatable bonds is 4. The summed E-state index contributed by atoms with van der Waals surface area (Å²) in [5, 5.41) is 2.56. The molecule has 0 aliphatic heterocycles. The second kappa shape index (κ2) is 5.61. The summed E-state index contributed by atoms with van der Waals surface area (Å²) >= 11 is 0. The number of nitrogens with one attached hydrogen (secondary N) is 1. The number of fused-ring (bicyclic) bond motifs is 1. The van der Waals surface area contributed by atoms with Crippen molar-refractivity contribution in [2.75, 3.05) is 11.1 Å². The molecule has 22 heavy (non-hydrogen) atoms. The van der Waals surface area contributed by atoms with Crippen LogP contribution < -0.4 is 21.2 Å². The summed E-state index contributed by atoms with van der Waals surface area (Å²) < 4.78 is 11.0. The fourth-order valence-corrected chi connectivity index (χ4v) is 2.04. The first-order valence-corrected chi connectivity index (χ1v) is 6.47. The Bertz CT molecular complexity index is 888. The summed E-state index contributed by atoms with van der Waals surface area (Å²) in [6, 6.07) is 12.1. The number of nitrogen functional groups attached to an aromatic ring is 1. The lowest BCUT2D eigenvalue weighted by molar-refractivity contribution is -0.105. The van der Waals surface area contributed by atoms with Gasteiger partial charge in [0.05, 0.1) is 11.1 Å². The molecule has 0 spiro atoms. The molecular weight excluding hydrogens is 284 g/mol. The van der Waals surface area contributed by atoms with Crippen molar-refractivity contribution >= 4 is 28.8 Å². The molecule has 0 fully saturated rings. The molecule has 3 rings (SSSR count). The van der Waals surface area contributed by atoms with Crippen molar-refractivity contribution in [3.05, 3.63) is 59.0 Å². The summed E-state index contributed by atoms with van der Waals surface area (Å²) in [6.45, 7) is 0. The van der Waals surface area contributed by atoms with E-state index in [-0.39, 0.29) is 16.5 Å². The Kier molecular flexibility index (Phi) is 3.49. The highest BCUT2D eigenvalue weighted by molar-refractivity contribution is 5.87. The SMILES string of the molecule is Nc1cc2occ(NC=O)c(=O)c2cc1Oc1ccccc1. The zero-order chi connectivity index (χ0) is 15.5. The maximum atomic E-state index is 12.3. The van der Waals surface area contributed by atoms with Gasteiger partial charge in [-0.25, -0.2) is 0 Å². The molecule has 0 bridgehead atoms. The van der Waals surface area contributed by atoms with E-state index in [0.717, 1.165) is 0 Å². The highest BCUT2D eigenvalue weighted by Gasteiger charge is 2.11. The summed E-state index contributed by atoms with van der Waals surface area (Å²) in [5.74, 6) is 0.939. The van der Waals surface area contributed by atoms with Crippen LogP contribution in [0.2, 0.25) is 0 Å². The molecule has 2 aromatic carbocycles. The second-order valence-corrected chi connectivity index (χ2v) is 4.54. The number of amides is 1. The quantitative estimate of drug-likeness (QED) is 0.570. The third kappa shape index (κ3) is 2.49. The van der Waals surface area contributed by atoms with Crippen molar-refractivity contribution in [2.24, 2.45) is 0 Å². The number of benzene rings is 2. The van der Waals surface area contributed by atoms with Gasteiger partial charge in [-0.15, -0.1) is 0 Å². The number of carbonyl (C=O) groups excluding carboxylic acids is 1. The van der Waals surface area contributed by atoms with Gasteiger partial charge in [-0.3, -0.25) is 9.59 Å². The van der Waals surface area contributed by atoms with Crippen LogP contribution in [0, 0.1) is 0 Å². The third-order valence-electron chi connectivity index (χ3n) is 3.09. The van der Waals surface area contributed by atoms with Gasteiger partial charge in [0, 0.05) is 6.07 Å². The van der Waals surface area contributed by atoms with Gasteiger partial charge >= 0.3 is 0 Å². The van der Waals surface area contributed by atoms with Gasteiger partial charge in [-0.1, -0.05) is 18.2 Å². The van der Waals surface area contributed by atoms with Crippen molar-refractivity contribution in [3.8, 4) is 11.5 Å². The monoisotopic (exact) mass is 296 g/mol. The highest BCUT2D eigenvalue weighted by Crippen LogP contribution is 2.31. The average molecular weight is 296 g/mol. The highest BCUT2D eigenvalue weighted by atomic mass is 16.5. The van der Waals surface area contributed by atoms with E-state index in [1.165, 1.54) is 18.4 Å². The topological polar surface area (TPSA) is 94.6 Å². The van der Waals surface area contributed by atoms with E-state index in [9.17, 15) is 9.59 Å². The van der Waals surface area contributed by atoms with Crippen molar-refractivity contribution < 1.29 is 13.9 Å². The molecule has 0 saturated heterocycles. The van der Waals surface area contributed by atoms with E-state index < -0.39 is 0 Å². The number of carbonyl (C=O) groups is 1. The summed E-state index contributed by atoms with van der Waals surface area (Å²) in [5.41, 5.74) is 6.27. The van der Waals surface area contributed by atoms with Crippen molar-refractivity contribution in [1.82, 2.24) is 0 Å². The van der Waals surface area contributed by atoms with Crippen LogP contribution in [0.15, 0.2) is 57.9 Å². The number of nitrogens with two attached hydrogens (primary N) is 1. The molecule has 3 N–H and O–H groups in total. The average Bonchev–Trinajstić information content (AvgIpc) is 2.53. The van der Waals surface area contributed by atoms with Crippen molar-refractivity contribution in [1.29, 1.82) is 0 Å². The normalized spacial score (nSPS) is 10.4. The Morgan fingerprint density at radius 3 is 2.68 bits per heavy atom. The number of hydrogen-bond acceptors (Lipinski definition) is 5. The Morgan fingerprint density at radius 1 is 1.18 bits per heavy atom. The summed E-state index contributed by atoms with van der Waals surface area (Å²) in [4.78, 5) is 22.7. The molecule has 0 saturated carbocycles. The van der Waals surface area contributed by atoms with E-state index in [1.54, 1.807) is 12.1 Å². The molecule has 0 radical (unpaired) electrons. The first-order chi connectivity index (χ1) is 10.7. The smallest absolute Gasteiger partial charge is 0.216 e. The minimum Gasteiger partial charge on any atom is -0.462 e. The lowest BCUT2D eigenvalue weighted by atomic mass is 10.2. The standard InChI is InChI=1S/C16H12N2O4/c17-12-7-14-11(16(20)13(8-21-14)18-9-19)6-15(12)22-10-4-2-1-3-5-10/h1-9H,17H2,(H,18,19). The molecule has 0 aliphatic rings. The maximum absolute atomic E-state index is 12.3. The van der Waals surface area contributed by atoms with Crippen LogP contribution in [-0.4, -0.2) is 6.41 Å². The van der Waals surface area contributed by atoms with Gasteiger partial charge in [0.2, 0.25) is 11.8 Å². The van der Waals surface area contributed by atoms with Gasteiger partial charge in [0.25, 0.3) is 0 Å². The summed E-state index contributed by atoms with van der Waals surface area (Å²) in [7, 11) is 0. The molecule has 6 heteroatoms. The fraction of sp³-hybridized carbons (Fsp3) is 0. The predicted molar refractivity (Wildman–Crippen MR) is 83.1 cm³/mol. The first kappa shape index (κ1) is 13.7. The number of ether oxygens (including phenoxy) is 1. The van der Waals surface area contributed by atoms with Crippen LogP contribution in [0.3, 0.4) is 0 Å².